The monoisotopic (exact) mass is 545 g/mol. The number of cyclic esters (lactones) is 1. The Balaban J connectivity index is 1.98. The zero-order valence-electron chi connectivity index (χ0n) is 24.6. The number of hydrogen-bond acceptors (Lipinski definition) is 7. The van der Waals surface area contributed by atoms with Crippen molar-refractivity contribution in [2.75, 3.05) is 0 Å². The van der Waals surface area contributed by atoms with Crippen LogP contribution in [-0.2, 0) is 14.3 Å². The lowest BCUT2D eigenvalue weighted by atomic mass is 9.72. The lowest BCUT2D eigenvalue weighted by Gasteiger charge is -2.34. The summed E-state index contributed by atoms with van der Waals surface area (Å²) in [5.74, 6) is -0.637. The van der Waals surface area contributed by atoms with E-state index in [1.54, 1.807) is 32.1 Å². The van der Waals surface area contributed by atoms with Gasteiger partial charge in [-0.05, 0) is 61.5 Å². The molecule has 0 bridgehead atoms. The second-order valence-electron chi connectivity index (χ2n) is 13.2. The molecule has 1 fully saturated rings. The van der Waals surface area contributed by atoms with Gasteiger partial charge in [-0.1, -0.05) is 60.1 Å². The standard InChI is InChI=1S/C31H47NO5S/c1-17(12-23-16-38-20(4)32-23)25-11-10-22(30(5,6)7)13-21-14-24(21)18(2)28(35)19(3)29(36)31(8,9)26(33)15-27(34)37-25/h10,12,16,18-19,21,24-26,28,33,35H,11,13-15H2,1-9H3/b17-12+,22-10+/t18-,19+,21+,24+,25+,26-,28-/m0/s1. The van der Waals surface area contributed by atoms with E-state index in [-0.39, 0.29) is 23.5 Å². The van der Waals surface area contributed by atoms with E-state index in [0.717, 1.165) is 29.1 Å². The fourth-order valence-electron chi connectivity index (χ4n) is 5.71. The van der Waals surface area contributed by atoms with Gasteiger partial charge in [0, 0.05) is 17.7 Å². The van der Waals surface area contributed by atoms with Crippen LogP contribution >= 0.6 is 11.3 Å². The molecule has 7 atom stereocenters. The largest absolute Gasteiger partial charge is 0.457 e. The van der Waals surface area contributed by atoms with E-state index in [1.807, 2.05) is 32.2 Å². The molecule has 7 heteroatoms. The van der Waals surface area contributed by atoms with Crippen LogP contribution in [0, 0.1) is 41.4 Å². The SMILES string of the molecule is C/C(=C\c1csc(C)n1)[C@H]1C/C=C(/C(C)(C)C)C[C@@H]2C[C@@H]2[C@H](C)[C@H](O)[C@@H](C)C(=O)C(C)(C)[C@@H](O)CC(=O)O1. The number of aliphatic hydroxyl groups excluding tert-OH is 2. The third-order valence-electron chi connectivity index (χ3n) is 8.76. The second-order valence-corrected chi connectivity index (χ2v) is 14.2. The number of aliphatic hydroxyl groups is 2. The van der Waals surface area contributed by atoms with E-state index in [4.69, 9.17) is 4.74 Å². The van der Waals surface area contributed by atoms with Crippen molar-refractivity contribution >= 4 is 29.2 Å². The van der Waals surface area contributed by atoms with Crippen LogP contribution in [0.5, 0.6) is 0 Å². The first-order valence-electron chi connectivity index (χ1n) is 13.9. The third-order valence-corrected chi connectivity index (χ3v) is 9.55. The highest BCUT2D eigenvalue weighted by molar-refractivity contribution is 7.09. The maximum absolute atomic E-state index is 13.4. The Morgan fingerprint density at radius 2 is 1.84 bits per heavy atom. The van der Waals surface area contributed by atoms with Gasteiger partial charge in [0.15, 0.2) is 0 Å². The van der Waals surface area contributed by atoms with E-state index in [2.05, 4.69) is 31.8 Å². The van der Waals surface area contributed by atoms with Crippen LogP contribution < -0.4 is 0 Å². The quantitative estimate of drug-likeness (QED) is 0.342. The number of carbonyl (C=O) groups is 2. The average Bonchev–Trinajstić information content (AvgIpc) is 3.48. The molecule has 212 valence electrons. The Hall–Kier alpha value is -1.83. The predicted molar refractivity (Wildman–Crippen MR) is 152 cm³/mol. The van der Waals surface area contributed by atoms with Crippen molar-refractivity contribution in [1.82, 2.24) is 4.98 Å². The van der Waals surface area contributed by atoms with E-state index in [9.17, 15) is 19.8 Å². The Morgan fingerprint density at radius 1 is 1.18 bits per heavy atom. The van der Waals surface area contributed by atoms with Crippen molar-refractivity contribution in [1.29, 1.82) is 0 Å². The number of thiazole rings is 1. The average molecular weight is 546 g/mol. The number of carbonyl (C=O) groups excluding carboxylic acids is 2. The summed E-state index contributed by atoms with van der Waals surface area (Å²) in [6.45, 7) is 17.6. The highest BCUT2D eigenvalue weighted by Crippen LogP contribution is 2.52. The van der Waals surface area contributed by atoms with E-state index >= 15 is 0 Å². The van der Waals surface area contributed by atoms with Gasteiger partial charge in [0.2, 0.25) is 0 Å². The minimum Gasteiger partial charge on any atom is -0.457 e. The Morgan fingerprint density at radius 3 is 2.42 bits per heavy atom. The van der Waals surface area contributed by atoms with Crippen molar-refractivity contribution < 1.29 is 24.5 Å². The molecule has 38 heavy (non-hydrogen) atoms. The van der Waals surface area contributed by atoms with Crippen molar-refractivity contribution in [3.63, 3.8) is 0 Å². The van der Waals surface area contributed by atoms with Crippen LogP contribution in [-0.4, -0.2) is 45.3 Å². The van der Waals surface area contributed by atoms with Crippen LogP contribution in [0.25, 0.3) is 6.08 Å². The Labute approximate surface area is 232 Å². The number of allylic oxidation sites excluding steroid dienone is 1. The van der Waals surface area contributed by atoms with Gasteiger partial charge in [-0.2, -0.15) is 0 Å². The summed E-state index contributed by atoms with van der Waals surface area (Å²) < 4.78 is 5.96. The normalized spacial score (nSPS) is 35.2. The van der Waals surface area contributed by atoms with Gasteiger partial charge >= 0.3 is 5.97 Å². The van der Waals surface area contributed by atoms with Gasteiger partial charge in [-0.3, -0.25) is 9.59 Å². The zero-order chi connectivity index (χ0) is 28.6. The molecule has 2 aliphatic rings. The number of nitrogens with zero attached hydrogens (tertiary/aromatic N) is 1. The summed E-state index contributed by atoms with van der Waals surface area (Å²) in [7, 11) is 0. The molecular formula is C31H47NO5S. The minimum absolute atomic E-state index is 0.0227. The van der Waals surface area contributed by atoms with Crippen LogP contribution in [0.3, 0.4) is 0 Å². The fraction of sp³-hybridized carbons (Fsp3) is 0.710. The van der Waals surface area contributed by atoms with Gasteiger partial charge in [0.05, 0.1) is 34.7 Å². The summed E-state index contributed by atoms with van der Waals surface area (Å²) in [5, 5.41) is 25.1. The summed E-state index contributed by atoms with van der Waals surface area (Å²) in [6.07, 6.45) is 3.83. The molecule has 0 amide bonds. The topological polar surface area (TPSA) is 96.7 Å². The van der Waals surface area contributed by atoms with Crippen LogP contribution in [0.2, 0.25) is 0 Å². The lowest BCUT2D eigenvalue weighted by molar-refractivity contribution is -0.154. The zero-order valence-corrected chi connectivity index (χ0v) is 25.4. The fourth-order valence-corrected chi connectivity index (χ4v) is 6.28. The van der Waals surface area contributed by atoms with Gasteiger partial charge in [0.1, 0.15) is 11.9 Å². The van der Waals surface area contributed by atoms with E-state index in [0.29, 0.717) is 18.3 Å². The van der Waals surface area contributed by atoms with Crippen LogP contribution in [0.4, 0.5) is 0 Å². The van der Waals surface area contributed by atoms with Gasteiger partial charge in [-0.25, -0.2) is 4.98 Å². The maximum Gasteiger partial charge on any atom is 0.309 e. The molecule has 0 aromatic carbocycles. The number of fused-ring (bicyclic) bond motifs is 1. The predicted octanol–water partition coefficient (Wildman–Crippen LogP) is 6.15. The van der Waals surface area contributed by atoms with Crippen molar-refractivity contribution in [2.24, 2.45) is 34.5 Å². The Bertz CT molecular complexity index is 1080. The Kier molecular flexibility index (Phi) is 9.48. The minimum atomic E-state index is -1.22. The van der Waals surface area contributed by atoms with Crippen molar-refractivity contribution in [2.45, 2.75) is 106 Å². The van der Waals surface area contributed by atoms with E-state index in [1.165, 1.54) is 5.57 Å². The molecule has 6 nitrogen and oxygen atoms in total. The van der Waals surface area contributed by atoms with Gasteiger partial charge in [0.25, 0.3) is 0 Å². The number of aryl methyl sites for hydroxylation is 1. The second kappa shape index (κ2) is 11.7. The number of hydrogen-bond donors (Lipinski definition) is 2. The molecule has 3 rings (SSSR count). The number of ketones is 1. The van der Waals surface area contributed by atoms with Crippen molar-refractivity contribution in [3.05, 3.63) is 33.3 Å². The molecule has 1 aliphatic heterocycles. The molecule has 2 N–H and O–H groups in total. The highest BCUT2D eigenvalue weighted by atomic mass is 32.1. The molecule has 1 aromatic heterocycles. The molecule has 0 radical (unpaired) electrons. The van der Waals surface area contributed by atoms with Crippen LogP contribution in [0.15, 0.2) is 22.6 Å². The summed E-state index contributed by atoms with van der Waals surface area (Å²) in [6, 6.07) is 0. The molecule has 0 saturated heterocycles. The summed E-state index contributed by atoms with van der Waals surface area (Å²) in [5.41, 5.74) is 1.78. The first kappa shape index (κ1) is 30.7. The lowest BCUT2D eigenvalue weighted by Crippen LogP contribution is -2.46. The van der Waals surface area contributed by atoms with Gasteiger partial charge < -0.3 is 14.9 Å². The van der Waals surface area contributed by atoms with E-state index < -0.39 is 35.6 Å². The van der Waals surface area contributed by atoms with Crippen molar-refractivity contribution in [3.8, 4) is 0 Å². The summed E-state index contributed by atoms with van der Waals surface area (Å²) in [4.78, 5) is 31.0. The molecule has 1 aliphatic carbocycles. The van der Waals surface area contributed by atoms with Gasteiger partial charge in [-0.15, -0.1) is 11.3 Å². The number of Topliss-reactive ketones (excluding diaryl/α,β-unsaturated/α-hetero) is 1. The molecule has 2 heterocycles. The first-order chi connectivity index (χ1) is 17.5. The molecular weight excluding hydrogens is 498 g/mol. The first-order valence-corrected chi connectivity index (χ1v) is 14.8. The molecule has 1 saturated carbocycles. The molecule has 0 unspecified atom stereocenters. The summed E-state index contributed by atoms with van der Waals surface area (Å²) >= 11 is 1.57. The number of aromatic nitrogens is 1. The third kappa shape index (κ3) is 7.22. The molecule has 0 spiro atoms. The number of rotatable bonds is 2. The van der Waals surface area contributed by atoms with Crippen LogP contribution in [0.1, 0.15) is 91.8 Å². The number of ether oxygens (including phenoxy) is 1. The number of esters is 1. The molecule has 1 aromatic rings. The highest BCUT2D eigenvalue weighted by Gasteiger charge is 2.48. The maximum atomic E-state index is 13.4. The smallest absolute Gasteiger partial charge is 0.309 e.